The number of rotatable bonds is 7. The largest absolute Gasteiger partial charge is 0.484 e. The molecule has 0 heterocycles. The number of nitrogens with two attached hydrogens (primary N) is 2. The molecule has 1 aromatic rings. The maximum atomic E-state index is 11.8. The Labute approximate surface area is 118 Å². The molecule has 6 heteroatoms. The number of anilines is 1. The van der Waals surface area contributed by atoms with Crippen LogP contribution in [0, 0.1) is 5.92 Å². The van der Waals surface area contributed by atoms with Crippen LogP contribution >= 0.6 is 0 Å². The normalized spacial score (nSPS) is 12.0. The van der Waals surface area contributed by atoms with Gasteiger partial charge in [-0.1, -0.05) is 13.8 Å². The summed E-state index contributed by atoms with van der Waals surface area (Å²) in [6.45, 7) is 3.85. The quantitative estimate of drug-likeness (QED) is 0.688. The highest BCUT2D eigenvalue weighted by Crippen LogP contribution is 2.16. The van der Waals surface area contributed by atoms with Crippen LogP contribution in [0.2, 0.25) is 0 Å². The molecule has 0 bridgehead atoms. The van der Waals surface area contributed by atoms with Gasteiger partial charge in [0, 0.05) is 5.69 Å². The number of carbonyl (C=O) groups is 2. The second kappa shape index (κ2) is 7.49. The molecule has 1 atom stereocenters. The van der Waals surface area contributed by atoms with Crippen molar-refractivity contribution in [2.45, 2.75) is 26.3 Å². The van der Waals surface area contributed by atoms with Crippen LogP contribution in [0.5, 0.6) is 5.75 Å². The van der Waals surface area contributed by atoms with E-state index in [1.807, 2.05) is 13.8 Å². The summed E-state index contributed by atoms with van der Waals surface area (Å²) in [7, 11) is 0. The maximum Gasteiger partial charge on any atom is 0.255 e. The maximum absolute atomic E-state index is 11.8. The van der Waals surface area contributed by atoms with Gasteiger partial charge in [-0.2, -0.15) is 0 Å². The molecule has 0 aromatic heterocycles. The van der Waals surface area contributed by atoms with Crippen LogP contribution in [0.25, 0.3) is 0 Å². The fourth-order valence-corrected chi connectivity index (χ4v) is 1.64. The van der Waals surface area contributed by atoms with Crippen LogP contribution in [-0.4, -0.2) is 24.5 Å². The molecule has 1 aromatic carbocycles. The van der Waals surface area contributed by atoms with Crippen LogP contribution in [0.1, 0.15) is 20.3 Å². The average Bonchev–Trinajstić information content (AvgIpc) is 2.37. The molecule has 0 fully saturated rings. The Kier molecular flexibility index (Phi) is 5.99. The van der Waals surface area contributed by atoms with Crippen LogP contribution < -0.4 is 21.5 Å². The van der Waals surface area contributed by atoms with E-state index in [1.165, 1.54) is 0 Å². The van der Waals surface area contributed by atoms with Gasteiger partial charge in [-0.15, -0.1) is 0 Å². The second-order valence-corrected chi connectivity index (χ2v) is 5.00. The summed E-state index contributed by atoms with van der Waals surface area (Å²) in [4.78, 5) is 22.4. The lowest BCUT2D eigenvalue weighted by Crippen LogP contribution is -2.36. The predicted molar refractivity (Wildman–Crippen MR) is 77.2 cm³/mol. The Morgan fingerprint density at radius 2 is 1.85 bits per heavy atom. The van der Waals surface area contributed by atoms with Gasteiger partial charge in [0.2, 0.25) is 5.91 Å². The fraction of sp³-hybridized carbons (Fsp3) is 0.429. The van der Waals surface area contributed by atoms with Gasteiger partial charge in [0.05, 0.1) is 6.04 Å². The van der Waals surface area contributed by atoms with Crippen LogP contribution in [0.15, 0.2) is 24.3 Å². The number of hydrogen-bond acceptors (Lipinski definition) is 4. The summed E-state index contributed by atoms with van der Waals surface area (Å²) in [6, 6.07) is 6.12. The minimum Gasteiger partial charge on any atom is -0.484 e. The number of nitrogens with one attached hydrogen (secondary N) is 1. The minimum atomic E-state index is -0.540. The topological polar surface area (TPSA) is 107 Å². The molecule has 110 valence electrons. The second-order valence-electron chi connectivity index (χ2n) is 5.00. The standard InChI is InChI=1S/C14H21N3O3/c1-9(2)7-12(15)14(19)17-10-3-5-11(6-4-10)20-8-13(16)18/h3-6,9,12H,7-8,15H2,1-2H3,(H2,16,18)(H,17,19). The van der Waals surface area contributed by atoms with E-state index >= 15 is 0 Å². The summed E-state index contributed by atoms with van der Waals surface area (Å²) >= 11 is 0. The van der Waals surface area contributed by atoms with Crippen molar-refractivity contribution >= 4 is 17.5 Å². The van der Waals surface area contributed by atoms with Crippen LogP contribution in [0.3, 0.4) is 0 Å². The summed E-state index contributed by atoms with van der Waals surface area (Å²) in [6.07, 6.45) is 0.631. The summed E-state index contributed by atoms with van der Waals surface area (Å²) < 4.78 is 5.12. The molecule has 0 spiro atoms. The number of hydrogen-bond donors (Lipinski definition) is 3. The number of benzene rings is 1. The van der Waals surface area contributed by atoms with E-state index in [9.17, 15) is 9.59 Å². The van der Waals surface area contributed by atoms with Crippen molar-refractivity contribution in [2.75, 3.05) is 11.9 Å². The Morgan fingerprint density at radius 1 is 1.25 bits per heavy atom. The van der Waals surface area contributed by atoms with Gasteiger partial charge in [-0.3, -0.25) is 9.59 Å². The molecule has 5 N–H and O–H groups in total. The Bertz CT molecular complexity index is 457. The molecule has 0 aliphatic carbocycles. The molecule has 0 saturated carbocycles. The average molecular weight is 279 g/mol. The first-order chi connectivity index (χ1) is 9.38. The van der Waals surface area contributed by atoms with Crippen molar-refractivity contribution in [3.05, 3.63) is 24.3 Å². The third-order valence-corrected chi connectivity index (χ3v) is 2.57. The van der Waals surface area contributed by atoms with E-state index in [2.05, 4.69) is 5.32 Å². The summed E-state index contributed by atoms with van der Waals surface area (Å²) in [5, 5.41) is 2.73. The van der Waals surface area contributed by atoms with E-state index in [1.54, 1.807) is 24.3 Å². The van der Waals surface area contributed by atoms with E-state index in [0.717, 1.165) is 0 Å². The number of amides is 2. The van der Waals surface area contributed by atoms with E-state index in [4.69, 9.17) is 16.2 Å². The first kappa shape index (κ1) is 16.0. The van der Waals surface area contributed by atoms with Gasteiger partial charge in [-0.05, 0) is 36.6 Å². The first-order valence-corrected chi connectivity index (χ1v) is 6.46. The van der Waals surface area contributed by atoms with Crippen molar-refractivity contribution in [1.82, 2.24) is 0 Å². The zero-order valence-corrected chi connectivity index (χ0v) is 11.8. The highest BCUT2D eigenvalue weighted by Gasteiger charge is 2.14. The van der Waals surface area contributed by atoms with Crippen molar-refractivity contribution in [3.63, 3.8) is 0 Å². The fourth-order valence-electron chi connectivity index (χ4n) is 1.64. The Hall–Kier alpha value is -2.08. The van der Waals surface area contributed by atoms with Crippen LogP contribution in [-0.2, 0) is 9.59 Å². The zero-order chi connectivity index (χ0) is 15.1. The zero-order valence-electron chi connectivity index (χ0n) is 11.8. The molecule has 1 rings (SSSR count). The van der Waals surface area contributed by atoms with Gasteiger partial charge >= 0.3 is 0 Å². The smallest absolute Gasteiger partial charge is 0.255 e. The molecule has 2 amide bonds. The lowest BCUT2D eigenvalue weighted by atomic mass is 10.0. The Morgan fingerprint density at radius 3 is 2.35 bits per heavy atom. The third-order valence-electron chi connectivity index (χ3n) is 2.57. The predicted octanol–water partition coefficient (Wildman–Crippen LogP) is 0.863. The third kappa shape index (κ3) is 5.71. The number of primary amides is 1. The van der Waals surface area contributed by atoms with Crippen LogP contribution in [0.4, 0.5) is 5.69 Å². The molecular formula is C14H21N3O3. The molecular weight excluding hydrogens is 258 g/mol. The van der Waals surface area contributed by atoms with Crippen molar-refractivity contribution in [2.24, 2.45) is 17.4 Å². The molecule has 0 aliphatic rings. The number of ether oxygens (including phenoxy) is 1. The minimum absolute atomic E-state index is 0.176. The van der Waals surface area contributed by atoms with Gasteiger partial charge in [-0.25, -0.2) is 0 Å². The molecule has 0 radical (unpaired) electrons. The Balaban J connectivity index is 2.52. The van der Waals surface area contributed by atoms with Crippen molar-refractivity contribution in [3.8, 4) is 5.75 Å². The molecule has 1 unspecified atom stereocenters. The molecule has 6 nitrogen and oxygen atoms in total. The SMILES string of the molecule is CC(C)CC(N)C(=O)Nc1ccc(OCC(N)=O)cc1. The van der Waals surface area contributed by atoms with E-state index in [0.29, 0.717) is 23.8 Å². The highest BCUT2D eigenvalue weighted by molar-refractivity contribution is 5.94. The summed E-state index contributed by atoms with van der Waals surface area (Å²) in [5.74, 6) is 0.111. The lowest BCUT2D eigenvalue weighted by molar-refractivity contribution is -0.120. The van der Waals surface area contributed by atoms with Gasteiger partial charge in [0.25, 0.3) is 5.91 Å². The van der Waals surface area contributed by atoms with E-state index < -0.39 is 11.9 Å². The monoisotopic (exact) mass is 279 g/mol. The molecule has 20 heavy (non-hydrogen) atoms. The van der Waals surface area contributed by atoms with Gasteiger partial charge in [0.15, 0.2) is 6.61 Å². The summed E-state index contributed by atoms with van der Waals surface area (Å²) in [5.41, 5.74) is 11.4. The number of carbonyl (C=O) groups excluding carboxylic acids is 2. The lowest BCUT2D eigenvalue weighted by Gasteiger charge is -2.14. The van der Waals surface area contributed by atoms with Gasteiger partial charge < -0.3 is 21.5 Å². The molecule has 0 aliphatic heterocycles. The van der Waals surface area contributed by atoms with E-state index in [-0.39, 0.29) is 12.5 Å². The van der Waals surface area contributed by atoms with Crippen molar-refractivity contribution in [1.29, 1.82) is 0 Å². The van der Waals surface area contributed by atoms with Crippen molar-refractivity contribution < 1.29 is 14.3 Å². The van der Waals surface area contributed by atoms with Gasteiger partial charge in [0.1, 0.15) is 5.75 Å². The molecule has 0 saturated heterocycles. The highest BCUT2D eigenvalue weighted by atomic mass is 16.5. The first-order valence-electron chi connectivity index (χ1n) is 6.46.